The predicted molar refractivity (Wildman–Crippen MR) is 64.0 cm³/mol. The van der Waals surface area contributed by atoms with Crippen molar-refractivity contribution in [2.24, 2.45) is 0 Å². The van der Waals surface area contributed by atoms with Crippen LogP contribution >= 0.6 is 0 Å². The minimum absolute atomic E-state index is 0.150. The molecule has 0 aliphatic rings. The lowest BCUT2D eigenvalue weighted by Crippen LogP contribution is -2.10. The summed E-state index contributed by atoms with van der Waals surface area (Å²) in [6, 6.07) is 5.04. The fourth-order valence-electron chi connectivity index (χ4n) is 1.47. The highest BCUT2D eigenvalue weighted by Gasteiger charge is 2.04. The minimum atomic E-state index is -0.150. The molecule has 5 nitrogen and oxygen atoms in total. The molecule has 0 fully saturated rings. The van der Waals surface area contributed by atoms with Gasteiger partial charge in [-0.25, -0.2) is 9.97 Å². The molecular formula is C12H13N3O2. The third-order valence-electron chi connectivity index (χ3n) is 2.38. The van der Waals surface area contributed by atoms with E-state index in [2.05, 4.69) is 15.0 Å². The molecule has 0 amide bonds. The maximum atomic E-state index is 11.4. The summed E-state index contributed by atoms with van der Waals surface area (Å²) >= 11 is 0. The van der Waals surface area contributed by atoms with E-state index in [4.69, 9.17) is 4.74 Å². The van der Waals surface area contributed by atoms with Crippen LogP contribution < -0.4 is 10.3 Å². The topological polar surface area (TPSA) is 67.9 Å². The van der Waals surface area contributed by atoms with Gasteiger partial charge in [0.1, 0.15) is 5.82 Å². The van der Waals surface area contributed by atoms with Crippen LogP contribution in [0.2, 0.25) is 0 Å². The summed E-state index contributed by atoms with van der Waals surface area (Å²) in [5.41, 5.74) is 1.38. The molecule has 1 N–H and O–H groups in total. The molecular weight excluding hydrogens is 218 g/mol. The van der Waals surface area contributed by atoms with Crippen LogP contribution in [0.1, 0.15) is 12.6 Å². The Labute approximate surface area is 98.5 Å². The Bertz CT molecular complexity index is 561. The molecule has 2 aromatic heterocycles. The standard InChI is InChI=1S/C12H13N3O2/c1-3-9-6-10(16)15-12(14-9)8-4-5-11(17-2)13-7-8/h4-7H,3H2,1-2H3,(H,14,15,16). The quantitative estimate of drug-likeness (QED) is 0.867. The number of pyridine rings is 1. The number of nitrogens with zero attached hydrogens (tertiary/aromatic N) is 2. The fourth-order valence-corrected chi connectivity index (χ4v) is 1.47. The predicted octanol–water partition coefficient (Wildman–Crippen LogP) is 1.40. The van der Waals surface area contributed by atoms with Crippen LogP contribution in [0.25, 0.3) is 11.4 Å². The Balaban J connectivity index is 2.44. The molecule has 0 radical (unpaired) electrons. The monoisotopic (exact) mass is 231 g/mol. The van der Waals surface area contributed by atoms with Crippen molar-refractivity contribution < 1.29 is 4.74 Å². The van der Waals surface area contributed by atoms with E-state index in [1.54, 1.807) is 19.4 Å². The molecule has 2 aromatic rings. The molecule has 0 saturated carbocycles. The molecule has 0 bridgehead atoms. The van der Waals surface area contributed by atoms with Gasteiger partial charge in [-0.2, -0.15) is 0 Å². The van der Waals surface area contributed by atoms with E-state index in [1.165, 1.54) is 6.07 Å². The number of aryl methyl sites for hydroxylation is 1. The summed E-state index contributed by atoms with van der Waals surface area (Å²) in [4.78, 5) is 22.5. The van der Waals surface area contributed by atoms with Crippen molar-refractivity contribution in [2.75, 3.05) is 7.11 Å². The van der Waals surface area contributed by atoms with E-state index in [0.29, 0.717) is 11.7 Å². The van der Waals surface area contributed by atoms with Gasteiger partial charge in [0, 0.05) is 29.6 Å². The van der Waals surface area contributed by atoms with Gasteiger partial charge in [0.15, 0.2) is 0 Å². The van der Waals surface area contributed by atoms with Gasteiger partial charge < -0.3 is 9.72 Å². The lowest BCUT2D eigenvalue weighted by Gasteiger charge is -2.03. The summed E-state index contributed by atoms with van der Waals surface area (Å²) in [7, 11) is 1.56. The molecule has 0 aliphatic heterocycles. The molecule has 0 unspecified atom stereocenters. The highest BCUT2D eigenvalue weighted by atomic mass is 16.5. The van der Waals surface area contributed by atoms with E-state index in [0.717, 1.165) is 17.7 Å². The molecule has 0 aliphatic carbocycles. The zero-order valence-electron chi connectivity index (χ0n) is 9.73. The van der Waals surface area contributed by atoms with Crippen LogP contribution in [-0.2, 0) is 6.42 Å². The zero-order valence-corrected chi connectivity index (χ0v) is 9.73. The molecule has 17 heavy (non-hydrogen) atoms. The van der Waals surface area contributed by atoms with Crippen LogP contribution in [0.15, 0.2) is 29.2 Å². The Hall–Kier alpha value is -2.17. The van der Waals surface area contributed by atoms with Crippen LogP contribution in [0.4, 0.5) is 0 Å². The summed E-state index contributed by atoms with van der Waals surface area (Å²) < 4.78 is 4.97. The number of methoxy groups -OCH3 is 1. The Morgan fingerprint density at radius 2 is 2.24 bits per heavy atom. The first-order valence-corrected chi connectivity index (χ1v) is 5.33. The third kappa shape index (κ3) is 2.50. The zero-order chi connectivity index (χ0) is 12.3. The van der Waals surface area contributed by atoms with Crippen LogP contribution in [0.3, 0.4) is 0 Å². The lowest BCUT2D eigenvalue weighted by molar-refractivity contribution is 0.398. The Morgan fingerprint density at radius 1 is 1.41 bits per heavy atom. The minimum Gasteiger partial charge on any atom is -0.481 e. The molecule has 2 rings (SSSR count). The highest BCUT2D eigenvalue weighted by molar-refractivity contribution is 5.53. The number of hydrogen-bond acceptors (Lipinski definition) is 4. The van der Waals surface area contributed by atoms with Crippen molar-refractivity contribution in [1.82, 2.24) is 15.0 Å². The Morgan fingerprint density at radius 3 is 2.82 bits per heavy atom. The van der Waals surface area contributed by atoms with Gasteiger partial charge in [-0.3, -0.25) is 4.79 Å². The number of H-pyrrole nitrogens is 1. The lowest BCUT2D eigenvalue weighted by atomic mass is 10.2. The van der Waals surface area contributed by atoms with Gasteiger partial charge in [-0.05, 0) is 12.5 Å². The largest absolute Gasteiger partial charge is 0.481 e. The molecule has 0 spiro atoms. The number of rotatable bonds is 3. The number of nitrogens with one attached hydrogen (secondary N) is 1. The summed E-state index contributed by atoms with van der Waals surface area (Å²) in [6.45, 7) is 1.96. The van der Waals surface area contributed by atoms with E-state index < -0.39 is 0 Å². The normalized spacial score (nSPS) is 10.2. The van der Waals surface area contributed by atoms with Crippen LogP contribution in [0.5, 0.6) is 5.88 Å². The van der Waals surface area contributed by atoms with Gasteiger partial charge >= 0.3 is 0 Å². The van der Waals surface area contributed by atoms with Gasteiger partial charge in [-0.1, -0.05) is 6.92 Å². The van der Waals surface area contributed by atoms with Crippen molar-refractivity contribution >= 4 is 0 Å². The van der Waals surface area contributed by atoms with Gasteiger partial charge in [-0.15, -0.1) is 0 Å². The molecule has 88 valence electrons. The van der Waals surface area contributed by atoms with Crippen molar-refractivity contribution in [3.8, 4) is 17.3 Å². The van der Waals surface area contributed by atoms with Crippen molar-refractivity contribution in [1.29, 1.82) is 0 Å². The van der Waals surface area contributed by atoms with Crippen molar-refractivity contribution in [3.05, 3.63) is 40.4 Å². The number of aromatic nitrogens is 3. The maximum Gasteiger partial charge on any atom is 0.251 e. The number of hydrogen-bond donors (Lipinski definition) is 1. The smallest absolute Gasteiger partial charge is 0.251 e. The van der Waals surface area contributed by atoms with Crippen LogP contribution in [-0.4, -0.2) is 22.1 Å². The summed E-state index contributed by atoms with van der Waals surface area (Å²) in [5, 5.41) is 0. The summed E-state index contributed by atoms with van der Waals surface area (Å²) in [6.07, 6.45) is 2.34. The Kier molecular flexibility index (Phi) is 3.18. The molecule has 0 saturated heterocycles. The maximum absolute atomic E-state index is 11.4. The first-order valence-electron chi connectivity index (χ1n) is 5.33. The van der Waals surface area contributed by atoms with Gasteiger partial charge in [0.25, 0.3) is 5.56 Å². The molecule has 2 heterocycles. The van der Waals surface area contributed by atoms with E-state index >= 15 is 0 Å². The van der Waals surface area contributed by atoms with Gasteiger partial charge in [0.2, 0.25) is 5.88 Å². The van der Waals surface area contributed by atoms with Crippen molar-refractivity contribution in [2.45, 2.75) is 13.3 Å². The fraction of sp³-hybridized carbons (Fsp3) is 0.250. The second-order valence-corrected chi connectivity index (χ2v) is 3.53. The number of aromatic amines is 1. The van der Waals surface area contributed by atoms with E-state index in [-0.39, 0.29) is 5.56 Å². The SMILES string of the molecule is CCc1cc(=O)[nH]c(-c2ccc(OC)nc2)n1. The number of ether oxygens (including phenoxy) is 1. The average molecular weight is 231 g/mol. The van der Waals surface area contributed by atoms with Gasteiger partial charge in [0.05, 0.1) is 7.11 Å². The molecule has 0 atom stereocenters. The first kappa shape index (κ1) is 11.3. The average Bonchev–Trinajstić information content (AvgIpc) is 2.38. The van der Waals surface area contributed by atoms with E-state index in [1.807, 2.05) is 13.0 Å². The molecule has 5 heteroatoms. The summed E-state index contributed by atoms with van der Waals surface area (Å²) in [5.74, 6) is 1.06. The highest BCUT2D eigenvalue weighted by Crippen LogP contribution is 2.15. The molecule has 0 aromatic carbocycles. The second kappa shape index (κ2) is 4.78. The second-order valence-electron chi connectivity index (χ2n) is 3.53. The van der Waals surface area contributed by atoms with Crippen LogP contribution in [0, 0.1) is 0 Å². The van der Waals surface area contributed by atoms with E-state index in [9.17, 15) is 4.79 Å². The van der Waals surface area contributed by atoms with Crippen molar-refractivity contribution in [3.63, 3.8) is 0 Å². The third-order valence-corrected chi connectivity index (χ3v) is 2.38. The first-order chi connectivity index (χ1) is 8.22.